The van der Waals surface area contributed by atoms with Gasteiger partial charge in [-0.05, 0) is 49.6 Å². The van der Waals surface area contributed by atoms with Gasteiger partial charge in [0.1, 0.15) is 5.60 Å². The van der Waals surface area contributed by atoms with Crippen LogP contribution in [0, 0.1) is 0 Å². The molecule has 2 aromatic carbocycles. The summed E-state index contributed by atoms with van der Waals surface area (Å²) in [6.07, 6.45) is 0.0352. The first-order valence-electron chi connectivity index (χ1n) is 7.69. The third kappa shape index (κ3) is 4.64. The van der Waals surface area contributed by atoms with Crippen molar-refractivity contribution in [3.63, 3.8) is 0 Å². The quantitative estimate of drug-likeness (QED) is 0.735. The zero-order valence-electron chi connectivity index (χ0n) is 14.1. The van der Waals surface area contributed by atoms with E-state index < -0.39 is 17.6 Å². The fraction of sp³-hybridized carbons (Fsp3) is 0.333. The van der Waals surface area contributed by atoms with Gasteiger partial charge in [-0.2, -0.15) is 0 Å². The molecule has 128 valence electrons. The Bertz CT molecular complexity index is 782. The number of amides is 2. The number of carbonyl (C=O) groups is 2. The standard InChI is InChI=1S/C18H22N2O3S/c1-18(2,3)23-17(22)20-16-13(8-9-15(19)21)12-7-5-4-6-11(12)10-14(16)24/h4-7,10,24H,8-9H2,1-3H3,(H2,19,21)(H,20,22). The van der Waals surface area contributed by atoms with E-state index in [1.54, 1.807) is 20.8 Å². The number of anilines is 1. The molecule has 0 spiro atoms. The Kier molecular flexibility index (Phi) is 5.39. The van der Waals surface area contributed by atoms with Crippen molar-refractivity contribution in [3.05, 3.63) is 35.9 Å². The Morgan fingerprint density at radius 1 is 1.25 bits per heavy atom. The lowest BCUT2D eigenvalue weighted by Gasteiger charge is -2.22. The molecule has 0 aliphatic carbocycles. The van der Waals surface area contributed by atoms with E-state index in [9.17, 15) is 9.59 Å². The van der Waals surface area contributed by atoms with Gasteiger partial charge < -0.3 is 10.5 Å². The zero-order valence-corrected chi connectivity index (χ0v) is 14.9. The van der Waals surface area contributed by atoms with E-state index in [2.05, 4.69) is 17.9 Å². The molecule has 24 heavy (non-hydrogen) atoms. The number of primary amides is 1. The number of ether oxygens (including phenoxy) is 1. The van der Waals surface area contributed by atoms with E-state index in [0.29, 0.717) is 17.0 Å². The molecule has 0 aliphatic rings. The number of benzene rings is 2. The van der Waals surface area contributed by atoms with Crippen LogP contribution in [0.4, 0.5) is 10.5 Å². The third-order valence-corrected chi connectivity index (χ3v) is 3.74. The van der Waals surface area contributed by atoms with Gasteiger partial charge in [-0.15, -0.1) is 12.6 Å². The molecule has 5 nitrogen and oxygen atoms in total. The highest BCUT2D eigenvalue weighted by molar-refractivity contribution is 7.80. The van der Waals surface area contributed by atoms with Gasteiger partial charge in [-0.25, -0.2) is 4.79 Å². The topological polar surface area (TPSA) is 81.4 Å². The van der Waals surface area contributed by atoms with Gasteiger partial charge in [-0.1, -0.05) is 24.3 Å². The van der Waals surface area contributed by atoms with Gasteiger partial charge in [0.2, 0.25) is 5.91 Å². The molecular weight excluding hydrogens is 324 g/mol. The maximum absolute atomic E-state index is 12.1. The predicted octanol–water partition coefficient (Wildman–Crippen LogP) is 3.89. The maximum atomic E-state index is 12.1. The second-order valence-corrected chi connectivity index (χ2v) is 7.05. The summed E-state index contributed by atoms with van der Waals surface area (Å²) < 4.78 is 5.31. The first-order chi connectivity index (χ1) is 11.2. The van der Waals surface area contributed by atoms with Crippen LogP contribution in [0.15, 0.2) is 35.2 Å². The number of hydrogen-bond acceptors (Lipinski definition) is 4. The fourth-order valence-electron chi connectivity index (χ4n) is 2.46. The zero-order chi connectivity index (χ0) is 17.9. The molecule has 0 unspecified atom stereocenters. The largest absolute Gasteiger partial charge is 0.444 e. The summed E-state index contributed by atoms with van der Waals surface area (Å²) in [5.41, 5.74) is 6.05. The van der Waals surface area contributed by atoms with Crippen molar-refractivity contribution in [1.82, 2.24) is 0 Å². The molecule has 0 fully saturated rings. The minimum absolute atomic E-state index is 0.185. The normalized spacial score (nSPS) is 11.3. The van der Waals surface area contributed by atoms with Crippen molar-refractivity contribution in [2.24, 2.45) is 5.73 Å². The molecule has 0 radical (unpaired) electrons. The molecule has 0 saturated carbocycles. The summed E-state index contributed by atoms with van der Waals surface area (Å²) in [4.78, 5) is 24.0. The minimum atomic E-state index is -0.606. The minimum Gasteiger partial charge on any atom is -0.444 e. The monoisotopic (exact) mass is 346 g/mol. The van der Waals surface area contributed by atoms with Gasteiger partial charge in [0.15, 0.2) is 0 Å². The van der Waals surface area contributed by atoms with Crippen molar-refractivity contribution in [3.8, 4) is 0 Å². The van der Waals surface area contributed by atoms with E-state index in [1.807, 2.05) is 30.3 Å². The summed E-state index contributed by atoms with van der Waals surface area (Å²) in [6, 6.07) is 9.61. The number of nitrogens with one attached hydrogen (secondary N) is 1. The average Bonchev–Trinajstić information content (AvgIpc) is 2.44. The Morgan fingerprint density at radius 2 is 1.92 bits per heavy atom. The van der Waals surface area contributed by atoms with Crippen LogP contribution in [-0.2, 0) is 16.0 Å². The van der Waals surface area contributed by atoms with Gasteiger partial charge >= 0.3 is 6.09 Å². The lowest BCUT2D eigenvalue weighted by Crippen LogP contribution is -2.27. The van der Waals surface area contributed by atoms with E-state index >= 15 is 0 Å². The molecule has 0 saturated heterocycles. The second-order valence-electron chi connectivity index (χ2n) is 6.56. The van der Waals surface area contributed by atoms with Crippen LogP contribution in [-0.4, -0.2) is 17.6 Å². The van der Waals surface area contributed by atoms with Gasteiger partial charge in [-0.3, -0.25) is 10.1 Å². The summed E-state index contributed by atoms with van der Waals surface area (Å²) in [5.74, 6) is -0.396. The molecule has 0 atom stereocenters. The molecule has 0 aliphatic heterocycles. The van der Waals surface area contributed by atoms with Crippen molar-refractivity contribution in [1.29, 1.82) is 0 Å². The molecule has 2 rings (SSSR count). The van der Waals surface area contributed by atoms with E-state index in [1.165, 1.54) is 0 Å². The highest BCUT2D eigenvalue weighted by Crippen LogP contribution is 2.34. The summed E-state index contributed by atoms with van der Waals surface area (Å²) in [6.45, 7) is 5.38. The molecule has 0 heterocycles. The number of nitrogens with two attached hydrogens (primary N) is 1. The lowest BCUT2D eigenvalue weighted by molar-refractivity contribution is -0.117. The Balaban J connectivity index is 2.46. The molecule has 3 N–H and O–H groups in total. The summed E-state index contributed by atoms with van der Waals surface area (Å²) in [7, 11) is 0. The number of rotatable bonds is 4. The maximum Gasteiger partial charge on any atom is 0.412 e. The first kappa shape index (κ1) is 18.1. The first-order valence-corrected chi connectivity index (χ1v) is 8.14. The number of thiol groups is 1. The number of aryl methyl sites for hydroxylation is 1. The van der Waals surface area contributed by atoms with Crippen LogP contribution in [0.1, 0.15) is 32.8 Å². The van der Waals surface area contributed by atoms with Crippen molar-refractivity contribution in [2.45, 2.75) is 44.1 Å². The van der Waals surface area contributed by atoms with Gasteiger partial charge in [0.05, 0.1) is 5.69 Å². The van der Waals surface area contributed by atoms with Crippen LogP contribution in [0.25, 0.3) is 10.8 Å². The molecule has 2 amide bonds. The van der Waals surface area contributed by atoms with Crippen LogP contribution < -0.4 is 11.1 Å². The van der Waals surface area contributed by atoms with Crippen LogP contribution in [0.5, 0.6) is 0 Å². The highest BCUT2D eigenvalue weighted by Gasteiger charge is 2.19. The lowest BCUT2D eigenvalue weighted by atomic mass is 9.98. The number of hydrogen-bond donors (Lipinski definition) is 3. The van der Waals surface area contributed by atoms with Crippen molar-refractivity contribution >= 4 is 41.1 Å². The fourth-order valence-corrected chi connectivity index (χ4v) is 2.79. The highest BCUT2D eigenvalue weighted by atomic mass is 32.1. The van der Waals surface area contributed by atoms with Crippen molar-refractivity contribution in [2.75, 3.05) is 5.32 Å². The summed E-state index contributed by atoms with van der Waals surface area (Å²) in [5, 5.41) is 4.69. The average molecular weight is 346 g/mol. The molecule has 0 aromatic heterocycles. The molecule has 6 heteroatoms. The van der Waals surface area contributed by atoms with Gasteiger partial charge in [0, 0.05) is 11.3 Å². The van der Waals surface area contributed by atoms with Crippen LogP contribution >= 0.6 is 12.6 Å². The molecule has 0 bridgehead atoms. The molecular formula is C18H22N2O3S. The Hall–Kier alpha value is -2.21. The van der Waals surface area contributed by atoms with Crippen LogP contribution in [0.2, 0.25) is 0 Å². The Morgan fingerprint density at radius 3 is 2.54 bits per heavy atom. The number of carbonyl (C=O) groups excluding carboxylic acids is 2. The SMILES string of the molecule is CC(C)(C)OC(=O)Nc1c(S)cc2ccccc2c1CCC(N)=O. The predicted molar refractivity (Wildman–Crippen MR) is 98.6 cm³/mol. The van der Waals surface area contributed by atoms with E-state index in [-0.39, 0.29) is 6.42 Å². The number of fused-ring (bicyclic) bond motifs is 1. The van der Waals surface area contributed by atoms with Crippen molar-refractivity contribution < 1.29 is 14.3 Å². The smallest absolute Gasteiger partial charge is 0.412 e. The van der Waals surface area contributed by atoms with Gasteiger partial charge in [0.25, 0.3) is 0 Å². The molecule has 2 aromatic rings. The van der Waals surface area contributed by atoms with E-state index in [4.69, 9.17) is 10.5 Å². The van der Waals surface area contributed by atoms with E-state index in [0.717, 1.165) is 16.3 Å². The second kappa shape index (κ2) is 7.13. The van der Waals surface area contributed by atoms with Crippen LogP contribution in [0.3, 0.4) is 0 Å². The third-order valence-electron chi connectivity index (χ3n) is 3.38. The Labute approximate surface area is 147 Å². The summed E-state index contributed by atoms with van der Waals surface area (Å²) >= 11 is 4.49.